The second kappa shape index (κ2) is 9.27. The van der Waals surface area contributed by atoms with E-state index in [1.165, 1.54) is 19.3 Å². The highest BCUT2D eigenvalue weighted by atomic mass is 35.5. The lowest BCUT2D eigenvalue weighted by atomic mass is 9.88. The molecule has 0 aromatic carbocycles. The van der Waals surface area contributed by atoms with E-state index >= 15 is 0 Å². The van der Waals surface area contributed by atoms with Crippen LogP contribution in [0.25, 0.3) is 0 Å². The Labute approximate surface area is 173 Å². The first kappa shape index (κ1) is 21.1. The van der Waals surface area contributed by atoms with Gasteiger partial charge in [0, 0.05) is 64.3 Å². The van der Waals surface area contributed by atoms with Crippen molar-refractivity contribution >= 4 is 24.2 Å². The molecule has 1 saturated carbocycles. The third-order valence-corrected chi connectivity index (χ3v) is 6.54. The molecule has 1 N–H and O–H groups in total. The van der Waals surface area contributed by atoms with Crippen LogP contribution < -0.4 is 5.32 Å². The van der Waals surface area contributed by atoms with Crippen LogP contribution in [0.5, 0.6) is 0 Å². The predicted octanol–water partition coefficient (Wildman–Crippen LogP) is 1.40. The maximum atomic E-state index is 13.1. The topological polar surface area (TPSA) is 70.5 Å². The summed E-state index contributed by atoms with van der Waals surface area (Å²) in [4.78, 5) is 29.8. The monoisotopic (exact) mass is 409 g/mol. The normalized spacial score (nSPS) is 26.2. The maximum absolute atomic E-state index is 13.1. The Balaban J connectivity index is 0.00000225. The van der Waals surface area contributed by atoms with Crippen molar-refractivity contribution in [3.05, 3.63) is 18.0 Å². The summed E-state index contributed by atoms with van der Waals surface area (Å²) < 4.78 is 1.80. The summed E-state index contributed by atoms with van der Waals surface area (Å²) in [6.07, 6.45) is 9.59. The van der Waals surface area contributed by atoms with Crippen molar-refractivity contribution in [3.8, 4) is 0 Å². The molecule has 0 radical (unpaired) electrons. The molecule has 0 spiro atoms. The van der Waals surface area contributed by atoms with E-state index in [-0.39, 0.29) is 36.1 Å². The molecule has 3 aliphatic rings. The fourth-order valence-corrected chi connectivity index (χ4v) is 4.91. The lowest BCUT2D eigenvalue weighted by Crippen LogP contribution is -2.53. The Morgan fingerprint density at radius 1 is 1.00 bits per heavy atom. The summed E-state index contributed by atoms with van der Waals surface area (Å²) in [6, 6.07) is 0. The van der Waals surface area contributed by atoms with Crippen molar-refractivity contribution in [3.63, 3.8) is 0 Å². The summed E-state index contributed by atoms with van der Waals surface area (Å²) in [5.74, 6) is 0.911. The van der Waals surface area contributed by atoms with E-state index in [9.17, 15) is 9.59 Å². The Hall–Kier alpha value is -1.60. The van der Waals surface area contributed by atoms with Gasteiger partial charge in [0.15, 0.2) is 0 Å². The van der Waals surface area contributed by atoms with Gasteiger partial charge in [-0.1, -0.05) is 19.3 Å². The number of hydrogen-bond donors (Lipinski definition) is 1. The minimum absolute atomic E-state index is 0. The largest absolute Gasteiger partial charge is 0.339 e. The van der Waals surface area contributed by atoms with Crippen LogP contribution in [-0.4, -0.2) is 70.7 Å². The number of aryl methyl sites for hydroxylation is 1. The van der Waals surface area contributed by atoms with Gasteiger partial charge in [-0.3, -0.25) is 14.3 Å². The van der Waals surface area contributed by atoms with Gasteiger partial charge in [-0.15, -0.1) is 12.4 Å². The molecular weight excluding hydrogens is 378 g/mol. The van der Waals surface area contributed by atoms with Gasteiger partial charge in [-0.25, -0.2) is 0 Å². The number of rotatable bonds is 3. The van der Waals surface area contributed by atoms with Gasteiger partial charge in [0.05, 0.1) is 12.1 Å². The molecule has 156 valence electrons. The van der Waals surface area contributed by atoms with E-state index in [4.69, 9.17) is 0 Å². The molecule has 8 heteroatoms. The molecule has 1 aliphatic carbocycles. The standard InChI is InChI=1S/C20H31N5O2.ClH/c1-23-14-16(11-22-23)17-12-21-13-18(17)20(27)25-9-7-24(8-10-25)19(26)15-5-3-2-4-6-15;/h11,14-15,17-18,21H,2-10,12-13H2,1H3;1H/t17-,18+;/m1./s1. The maximum Gasteiger partial charge on any atom is 0.227 e. The first-order chi connectivity index (χ1) is 13.1. The van der Waals surface area contributed by atoms with Crippen LogP contribution in [0.1, 0.15) is 43.6 Å². The van der Waals surface area contributed by atoms with Crippen molar-refractivity contribution in [1.82, 2.24) is 24.9 Å². The third kappa shape index (κ3) is 4.35. The van der Waals surface area contributed by atoms with Crippen LogP contribution in [-0.2, 0) is 16.6 Å². The second-order valence-electron chi connectivity index (χ2n) is 8.30. The number of piperazine rings is 1. The van der Waals surface area contributed by atoms with Crippen molar-refractivity contribution in [2.75, 3.05) is 39.3 Å². The van der Waals surface area contributed by atoms with Gasteiger partial charge in [0.1, 0.15) is 0 Å². The van der Waals surface area contributed by atoms with Gasteiger partial charge in [-0.2, -0.15) is 5.10 Å². The summed E-state index contributed by atoms with van der Waals surface area (Å²) in [7, 11) is 1.91. The molecule has 0 bridgehead atoms. The third-order valence-electron chi connectivity index (χ3n) is 6.54. The van der Waals surface area contributed by atoms with Crippen LogP contribution >= 0.6 is 12.4 Å². The van der Waals surface area contributed by atoms with Crippen LogP contribution in [0.2, 0.25) is 0 Å². The fourth-order valence-electron chi connectivity index (χ4n) is 4.91. The molecule has 2 amide bonds. The lowest BCUT2D eigenvalue weighted by Gasteiger charge is -2.38. The van der Waals surface area contributed by atoms with Gasteiger partial charge < -0.3 is 15.1 Å². The SMILES string of the molecule is Cl.Cn1cc([C@H]2CNC[C@@H]2C(=O)N2CCN(C(=O)C3CCCCC3)CC2)cn1. The lowest BCUT2D eigenvalue weighted by molar-refractivity contribution is -0.144. The van der Waals surface area contributed by atoms with Crippen LogP contribution in [0.3, 0.4) is 0 Å². The van der Waals surface area contributed by atoms with E-state index in [1.807, 2.05) is 29.2 Å². The molecule has 2 aliphatic heterocycles. The molecule has 1 aromatic rings. The number of amides is 2. The minimum Gasteiger partial charge on any atom is -0.339 e. The molecular formula is C20H32ClN5O2. The highest BCUT2D eigenvalue weighted by Crippen LogP contribution is 2.30. The van der Waals surface area contributed by atoms with Crippen molar-refractivity contribution in [2.24, 2.45) is 18.9 Å². The second-order valence-corrected chi connectivity index (χ2v) is 8.30. The number of hydrogen-bond acceptors (Lipinski definition) is 4. The summed E-state index contributed by atoms with van der Waals surface area (Å²) in [6.45, 7) is 4.22. The molecule has 3 heterocycles. The quantitative estimate of drug-likeness (QED) is 0.819. The highest BCUT2D eigenvalue weighted by Gasteiger charge is 2.38. The molecule has 2 saturated heterocycles. The zero-order valence-corrected chi connectivity index (χ0v) is 17.5. The highest BCUT2D eigenvalue weighted by molar-refractivity contribution is 5.85. The van der Waals surface area contributed by atoms with Crippen molar-refractivity contribution < 1.29 is 9.59 Å². The van der Waals surface area contributed by atoms with E-state index < -0.39 is 0 Å². The summed E-state index contributed by atoms with van der Waals surface area (Å²) >= 11 is 0. The number of aromatic nitrogens is 2. The average Bonchev–Trinajstić information content (AvgIpc) is 3.36. The summed E-state index contributed by atoms with van der Waals surface area (Å²) in [5, 5.41) is 7.63. The van der Waals surface area contributed by atoms with Crippen molar-refractivity contribution in [2.45, 2.75) is 38.0 Å². The fraction of sp³-hybridized carbons (Fsp3) is 0.750. The zero-order chi connectivity index (χ0) is 18.8. The number of halogens is 1. The smallest absolute Gasteiger partial charge is 0.227 e. The van der Waals surface area contributed by atoms with Gasteiger partial charge in [0.2, 0.25) is 11.8 Å². The van der Waals surface area contributed by atoms with Crippen molar-refractivity contribution in [1.29, 1.82) is 0 Å². The zero-order valence-electron chi connectivity index (χ0n) is 16.7. The van der Waals surface area contributed by atoms with E-state index in [0.29, 0.717) is 32.1 Å². The van der Waals surface area contributed by atoms with E-state index in [1.54, 1.807) is 4.68 Å². The molecule has 4 rings (SSSR count). The number of nitrogens with one attached hydrogen (secondary N) is 1. The average molecular weight is 410 g/mol. The van der Waals surface area contributed by atoms with Crippen LogP contribution in [0.15, 0.2) is 12.4 Å². The number of carbonyl (C=O) groups excluding carboxylic acids is 2. The van der Waals surface area contributed by atoms with Gasteiger partial charge in [-0.05, 0) is 18.4 Å². The molecule has 2 atom stereocenters. The van der Waals surface area contributed by atoms with Gasteiger partial charge in [0.25, 0.3) is 0 Å². The van der Waals surface area contributed by atoms with Crippen LogP contribution in [0.4, 0.5) is 0 Å². The molecule has 28 heavy (non-hydrogen) atoms. The van der Waals surface area contributed by atoms with Crippen LogP contribution in [0, 0.1) is 11.8 Å². The molecule has 1 aromatic heterocycles. The van der Waals surface area contributed by atoms with E-state index in [2.05, 4.69) is 10.4 Å². The Kier molecular flexibility index (Phi) is 6.99. The molecule has 3 fully saturated rings. The molecule has 7 nitrogen and oxygen atoms in total. The summed E-state index contributed by atoms with van der Waals surface area (Å²) in [5.41, 5.74) is 1.13. The Morgan fingerprint density at radius 3 is 2.25 bits per heavy atom. The first-order valence-corrected chi connectivity index (χ1v) is 10.4. The number of carbonyl (C=O) groups is 2. The van der Waals surface area contributed by atoms with E-state index in [0.717, 1.165) is 31.5 Å². The minimum atomic E-state index is -0.0326. The predicted molar refractivity (Wildman–Crippen MR) is 109 cm³/mol. The molecule has 0 unspecified atom stereocenters. The first-order valence-electron chi connectivity index (χ1n) is 10.4. The number of nitrogens with zero attached hydrogens (tertiary/aromatic N) is 4. The Morgan fingerprint density at radius 2 is 1.64 bits per heavy atom. The van der Waals surface area contributed by atoms with Gasteiger partial charge >= 0.3 is 0 Å². The Bertz CT molecular complexity index is 680.